The van der Waals surface area contributed by atoms with Crippen LogP contribution in [0.3, 0.4) is 0 Å². The molecule has 0 aliphatic carbocycles. The number of benzene rings is 1. The van der Waals surface area contributed by atoms with Gasteiger partial charge in [-0.1, -0.05) is 25.1 Å². The average Bonchev–Trinajstić information content (AvgIpc) is 2.28. The molecule has 1 rings (SSSR count). The Balaban J connectivity index is 2.92. The Morgan fingerprint density at radius 1 is 1.47 bits per heavy atom. The van der Waals surface area contributed by atoms with Crippen molar-refractivity contribution in [2.75, 3.05) is 0 Å². The molecule has 1 aromatic carbocycles. The molecule has 1 N–H and O–H groups in total. The molecular formula is C12H15NO2. The fraction of sp³-hybridized carbons (Fsp3) is 0.417. The molecule has 0 bridgehead atoms. The standard InChI is InChI=1S/C12H15NO2/c1-3-11(14)10-6-4-5-7-12(10)15-9(2)8-13/h4-7,9,11,14H,3H2,1-2H3/t9?,11-/m1/s1. The minimum absolute atomic E-state index is 0.504. The summed E-state index contributed by atoms with van der Waals surface area (Å²) in [6.45, 7) is 3.57. The van der Waals surface area contributed by atoms with E-state index >= 15 is 0 Å². The molecule has 0 aliphatic rings. The van der Waals surface area contributed by atoms with E-state index in [1.165, 1.54) is 0 Å². The minimum atomic E-state index is -0.535. The molecule has 1 unspecified atom stereocenters. The van der Waals surface area contributed by atoms with Crippen molar-refractivity contribution in [3.8, 4) is 11.8 Å². The summed E-state index contributed by atoms with van der Waals surface area (Å²) in [5.41, 5.74) is 0.738. The Hall–Kier alpha value is -1.53. The van der Waals surface area contributed by atoms with Crippen molar-refractivity contribution < 1.29 is 9.84 Å². The zero-order valence-corrected chi connectivity index (χ0v) is 8.97. The van der Waals surface area contributed by atoms with Crippen molar-refractivity contribution in [2.45, 2.75) is 32.5 Å². The molecule has 3 nitrogen and oxygen atoms in total. The third kappa shape index (κ3) is 2.97. The van der Waals surface area contributed by atoms with Gasteiger partial charge in [-0.2, -0.15) is 5.26 Å². The molecule has 0 heterocycles. The maximum Gasteiger partial charge on any atom is 0.181 e. The van der Waals surface area contributed by atoms with Gasteiger partial charge < -0.3 is 9.84 Å². The molecule has 0 spiro atoms. The van der Waals surface area contributed by atoms with E-state index in [2.05, 4.69) is 0 Å². The summed E-state index contributed by atoms with van der Waals surface area (Å²) in [6.07, 6.45) is -0.413. The van der Waals surface area contributed by atoms with E-state index in [9.17, 15) is 5.11 Å². The molecule has 0 saturated carbocycles. The number of aliphatic hydroxyl groups is 1. The highest BCUT2D eigenvalue weighted by atomic mass is 16.5. The van der Waals surface area contributed by atoms with Gasteiger partial charge in [-0.3, -0.25) is 0 Å². The molecule has 0 aromatic heterocycles. The predicted molar refractivity (Wildman–Crippen MR) is 57.4 cm³/mol. The molecule has 2 atom stereocenters. The highest BCUT2D eigenvalue weighted by molar-refractivity contribution is 5.35. The number of aliphatic hydroxyl groups excluding tert-OH is 1. The van der Waals surface area contributed by atoms with E-state index in [0.29, 0.717) is 12.2 Å². The molecule has 80 valence electrons. The fourth-order valence-electron chi connectivity index (χ4n) is 1.30. The molecule has 15 heavy (non-hydrogen) atoms. The topological polar surface area (TPSA) is 53.2 Å². The average molecular weight is 205 g/mol. The molecule has 0 radical (unpaired) electrons. The maximum atomic E-state index is 9.73. The Morgan fingerprint density at radius 3 is 2.73 bits per heavy atom. The first-order chi connectivity index (χ1) is 7.19. The third-order valence-electron chi connectivity index (χ3n) is 2.15. The van der Waals surface area contributed by atoms with Crippen LogP contribution >= 0.6 is 0 Å². The highest BCUT2D eigenvalue weighted by Crippen LogP contribution is 2.27. The van der Waals surface area contributed by atoms with Gasteiger partial charge in [-0.25, -0.2) is 0 Å². The summed E-state index contributed by atoms with van der Waals surface area (Å²) in [4.78, 5) is 0. The first-order valence-electron chi connectivity index (χ1n) is 5.02. The highest BCUT2D eigenvalue weighted by Gasteiger charge is 2.12. The summed E-state index contributed by atoms with van der Waals surface area (Å²) in [5.74, 6) is 0.584. The van der Waals surface area contributed by atoms with Gasteiger partial charge >= 0.3 is 0 Å². The number of ether oxygens (including phenoxy) is 1. The summed E-state index contributed by atoms with van der Waals surface area (Å²) in [7, 11) is 0. The van der Waals surface area contributed by atoms with Crippen LogP contribution < -0.4 is 4.74 Å². The summed E-state index contributed by atoms with van der Waals surface area (Å²) < 4.78 is 5.40. The zero-order valence-electron chi connectivity index (χ0n) is 8.97. The van der Waals surface area contributed by atoms with Crippen LogP contribution in [0.2, 0.25) is 0 Å². The van der Waals surface area contributed by atoms with E-state index in [4.69, 9.17) is 10.00 Å². The van der Waals surface area contributed by atoms with Gasteiger partial charge in [0.2, 0.25) is 0 Å². The lowest BCUT2D eigenvalue weighted by Crippen LogP contribution is -2.10. The van der Waals surface area contributed by atoms with Gasteiger partial charge in [-0.15, -0.1) is 0 Å². The second-order valence-corrected chi connectivity index (χ2v) is 3.35. The van der Waals surface area contributed by atoms with Crippen molar-refractivity contribution in [1.82, 2.24) is 0 Å². The summed E-state index contributed by atoms with van der Waals surface area (Å²) in [6, 6.07) is 9.24. The van der Waals surface area contributed by atoms with Gasteiger partial charge in [0.1, 0.15) is 11.8 Å². The molecule has 1 aromatic rings. The number of rotatable bonds is 4. The monoisotopic (exact) mass is 205 g/mol. The van der Waals surface area contributed by atoms with E-state index in [0.717, 1.165) is 5.56 Å². The van der Waals surface area contributed by atoms with E-state index in [-0.39, 0.29) is 0 Å². The van der Waals surface area contributed by atoms with Gasteiger partial charge in [0.25, 0.3) is 0 Å². The maximum absolute atomic E-state index is 9.73. The van der Waals surface area contributed by atoms with E-state index in [1.54, 1.807) is 13.0 Å². The Kier molecular flexibility index (Phi) is 4.14. The van der Waals surface area contributed by atoms with Gasteiger partial charge in [0.15, 0.2) is 6.10 Å². The summed E-state index contributed by atoms with van der Waals surface area (Å²) >= 11 is 0. The largest absolute Gasteiger partial charge is 0.475 e. The number of para-hydroxylation sites is 1. The number of nitriles is 1. The van der Waals surface area contributed by atoms with Crippen LogP contribution in [-0.2, 0) is 0 Å². The normalized spacial score (nSPS) is 14.0. The van der Waals surface area contributed by atoms with Crippen LogP contribution in [0.15, 0.2) is 24.3 Å². The number of hydrogen-bond donors (Lipinski definition) is 1. The van der Waals surface area contributed by atoms with Crippen LogP contribution in [0.25, 0.3) is 0 Å². The predicted octanol–water partition coefficient (Wildman–Crippen LogP) is 2.42. The first-order valence-corrected chi connectivity index (χ1v) is 5.02. The minimum Gasteiger partial charge on any atom is -0.475 e. The summed E-state index contributed by atoms with van der Waals surface area (Å²) in [5, 5.41) is 18.4. The first kappa shape index (κ1) is 11.5. The van der Waals surface area contributed by atoms with Crippen LogP contribution in [-0.4, -0.2) is 11.2 Å². The third-order valence-corrected chi connectivity index (χ3v) is 2.15. The lowest BCUT2D eigenvalue weighted by molar-refractivity contribution is 0.165. The van der Waals surface area contributed by atoms with Crippen LogP contribution in [0.4, 0.5) is 0 Å². The van der Waals surface area contributed by atoms with Crippen LogP contribution in [0.5, 0.6) is 5.75 Å². The molecule has 3 heteroatoms. The lowest BCUT2D eigenvalue weighted by atomic mass is 10.1. The smallest absolute Gasteiger partial charge is 0.181 e. The molecule has 0 amide bonds. The van der Waals surface area contributed by atoms with Crippen LogP contribution in [0.1, 0.15) is 31.9 Å². The zero-order chi connectivity index (χ0) is 11.3. The van der Waals surface area contributed by atoms with Crippen LogP contribution in [0, 0.1) is 11.3 Å². The van der Waals surface area contributed by atoms with Crippen molar-refractivity contribution in [3.63, 3.8) is 0 Å². The number of hydrogen-bond acceptors (Lipinski definition) is 3. The lowest BCUT2D eigenvalue weighted by Gasteiger charge is -2.15. The molecule has 0 fully saturated rings. The van der Waals surface area contributed by atoms with Crippen molar-refractivity contribution >= 4 is 0 Å². The number of nitrogens with zero attached hydrogens (tertiary/aromatic N) is 1. The Bertz CT molecular complexity index is 357. The molecule has 0 aliphatic heterocycles. The van der Waals surface area contributed by atoms with Crippen molar-refractivity contribution in [2.24, 2.45) is 0 Å². The van der Waals surface area contributed by atoms with Gasteiger partial charge in [0, 0.05) is 5.56 Å². The Labute approximate surface area is 89.9 Å². The van der Waals surface area contributed by atoms with E-state index < -0.39 is 12.2 Å². The fourth-order valence-corrected chi connectivity index (χ4v) is 1.30. The van der Waals surface area contributed by atoms with Gasteiger partial charge in [0.05, 0.1) is 6.10 Å². The molecular weight excluding hydrogens is 190 g/mol. The Morgan fingerprint density at radius 2 is 2.13 bits per heavy atom. The van der Waals surface area contributed by atoms with Crippen molar-refractivity contribution in [1.29, 1.82) is 5.26 Å². The quantitative estimate of drug-likeness (QED) is 0.821. The van der Waals surface area contributed by atoms with Gasteiger partial charge in [-0.05, 0) is 19.4 Å². The molecule has 0 saturated heterocycles. The second-order valence-electron chi connectivity index (χ2n) is 3.35. The second kappa shape index (κ2) is 5.38. The van der Waals surface area contributed by atoms with E-state index in [1.807, 2.05) is 31.2 Å². The van der Waals surface area contributed by atoms with Crippen molar-refractivity contribution in [3.05, 3.63) is 29.8 Å². The SMILES string of the molecule is CC[C@@H](O)c1ccccc1OC(C)C#N.